The van der Waals surface area contributed by atoms with Gasteiger partial charge in [-0.25, -0.2) is 4.98 Å². The Labute approximate surface area is 112 Å². The molecule has 0 amide bonds. The quantitative estimate of drug-likeness (QED) is 0.919. The maximum atomic E-state index is 5.47. The minimum absolute atomic E-state index is 0.803. The van der Waals surface area contributed by atoms with Crippen molar-refractivity contribution in [2.75, 3.05) is 14.2 Å². The molecular weight excluding hydrogens is 244 g/mol. The van der Waals surface area contributed by atoms with Gasteiger partial charge in [-0.05, 0) is 44.2 Å². The summed E-state index contributed by atoms with van der Waals surface area (Å²) >= 11 is 1.70. The highest BCUT2D eigenvalue weighted by molar-refractivity contribution is 7.15. The Bertz CT molecular complexity index is 549. The van der Waals surface area contributed by atoms with Gasteiger partial charge in [-0.2, -0.15) is 0 Å². The Morgan fingerprint density at radius 1 is 1.28 bits per heavy atom. The van der Waals surface area contributed by atoms with Gasteiger partial charge in [0.2, 0.25) is 0 Å². The van der Waals surface area contributed by atoms with E-state index in [2.05, 4.69) is 36.3 Å². The molecule has 4 heteroatoms. The number of methoxy groups -OCH3 is 1. The van der Waals surface area contributed by atoms with Crippen LogP contribution >= 0.6 is 11.3 Å². The molecule has 0 radical (unpaired) electrons. The van der Waals surface area contributed by atoms with E-state index >= 15 is 0 Å². The predicted octanol–water partition coefficient (Wildman–Crippen LogP) is 3.15. The number of hydrogen-bond donors (Lipinski definition) is 1. The molecule has 0 fully saturated rings. The first-order valence-electron chi connectivity index (χ1n) is 5.90. The maximum Gasteiger partial charge on any atom is 0.127 e. The number of nitrogens with one attached hydrogen (secondary N) is 1. The lowest BCUT2D eigenvalue weighted by Gasteiger charge is -2.10. The lowest BCUT2D eigenvalue weighted by atomic mass is 10.0. The van der Waals surface area contributed by atoms with Crippen molar-refractivity contribution < 1.29 is 4.74 Å². The first kappa shape index (κ1) is 13.1. The molecule has 0 aliphatic rings. The fraction of sp³-hybridized carbons (Fsp3) is 0.357. The summed E-state index contributed by atoms with van der Waals surface area (Å²) in [5, 5.41) is 4.21. The third kappa shape index (κ3) is 2.54. The highest BCUT2D eigenvalue weighted by atomic mass is 32.1. The maximum absolute atomic E-state index is 5.47. The standard InChI is InChI=1S/C14H18N2OS/c1-9-5-11(12(17-4)6-10(9)2)13-7-16-14(18-13)8-15-3/h5-7,15H,8H2,1-4H3. The Morgan fingerprint density at radius 3 is 2.67 bits per heavy atom. The molecule has 0 aliphatic carbocycles. The van der Waals surface area contributed by atoms with Gasteiger partial charge in [-0.15, -0.1) is 11.3 Å². The van der Waals surface area contributed by atoms with Gasteiger partial charge in [0, 0.05) is 18.3 Å². The van der Waals surface area contributed by atoms with E-state index < -0.39 is 0 Å². The molecule has 1 aromatic carbocycles. The van der Waals surface area contributed by atoms with Gasteiger partial charge in [0.1, 0.15) is 10.8 Å². The van der Waals surface area contributed by atoms with Crippen LogP contribution in [0.3, 0.4) is 0 Å². The summed E-state index contributed by atoms with van der Waals surface area (Å²) in [6, 6.07) is 4.26. The average Bonchev–Trinajstić information content (AvgIpc) is 2.81. The summed E-state index contributed by atoms with van der Waals surface area (Å²) < 4.78 is 5.47. The van der Waals surface area contributed by atoms with Crippen LogP contribution in [0.2, 0.25) is 0 Å². The molecule has 1 aromatic heterocycles. The van der Waals surface area contributed by atoms with Crippen LogP contribution < -0.4 is 10.1 Å². The molecule has 0 saturated heterocycles. The van der Waals surface area contributed by atoms with Crippen LogP contribution in [0.25, 0.3) is 10.4 Å². The highest BCUT2D eigenvalue weighted by Crippen LogP contribution is 2.35. The van der Waals surface area contributed by atoms with Crippen molar-refractivity contribution in [3.8, 4) is 16.2 Å². The van der Waals surface area contributed by atoms with Crippen molar-refractivity contribution >= 4 is 11.3 Å². The van der Waals surface area contributed by atoms with Gasteiger partial charge < -0.3 is 10.1 Å². The third-order valence-corrected chi connectivity index (χ3v) is 3.99. The van der Waals surface area contributed by atoms with E-state index in [1.54, 1.807) is 18.4 Å². The molecule has 0 bridgehead atoms. The summed E-state index contributed by atoms with van der Waals surface area (Å²) in [5.74, 6) is 0.915. The molecule has 18 heavy (non-hydrogen) atoms. The summed E-state index contributed by atoms with van der Waals surface area (Å²) in [6.07, 6.45) is 1.92. The van der Waals surface area contributed by atoms with E-state index in [4.69, 9.17) is 4.74 Å². The summed E-state index contributed by atoms with van der Waals surface area (Å²) in [6.45, 7) is 5.02. The zero-order chi connectivity index (χ0) is 13.1. The molecule has 3 nitrogen and oxygen atoms in total. The number of nitrogens with zero attached hydrogens (tertiary/aromatic N) is 1. The van der Waals surface area contributed by atoms with E-state index in [9.17, 15) is 0 Å². The number of benzene rings is 1. The van der Waals surface area contributed by atoms with E-state index in [1.165, 1.54) is 11.1 Å². The molecule has 0 aliphatic heterocycles. The van der Waals surface area contributed by atoms with E-state index in [0.29, 0.717) is 0 Å². The molecule has 1 heterocycles. The number of hydrogen-bond acceptors (Lipinski definition) is 4. The minimum atomic E-state index is 0.803. The second kappa shape index (κ2) is 5.50. The van der Waals surface area contributed by atoms with Crippen molar-refractivity contribution in [3.63, 3.8) is 0 Å². The first-order chi connectivity index (χ1) is 8.65. The van der Waals surface area contributed by atoms with Gasteiger partial charge >= 0.3 is 0 Å². The summed E-state index contributed by atoms with van der Waals surface area (Å²) in [7, 11) is 3.64. The second-order valence-electron chi connectivity index (χ2n) is 4.29. The second-order valence-corrected chi connectivity index (χ2v) is 5.40. The molecule has 0 spiro atoms. The van der Waals surface area contributed by atoms with Crippen molar-refractivity contribution in [1.29, 1.82) is 0 Å². The lowest BCUT2D eigenvalue weighted by molar-refractivity contribution is 0.416. The zero-order valence-corrected chi connectivity index (χ0v) is 12.0. The van der Waals surface area contributed by atoms with Crippen LogP contribution in [0, 0.1) is 13.8 Å². The summed E-state index contributed by atoms with van der Waals surface area (Å²) in [5.41, 5.74) is 3.64. The van der Waals surface area contributed by atoms with Crippen LogP contribution in [0.4, 0.5) is 0 Å². The highest BCUT2D eigenvalue weighted by Gasteiger charge is 2.11. The first-order valence-corrected chi connectivity index (χ1v) is 6.72. The van der Waals surface area contributed by atoms with E-state index in [0.717, 1.165) is 27.7 Å². The Kier molecular flexibility index (Phi) is 3.99. The van der Waals surface area contributed by atoms with E-state index in [-0.39, 0.29) is 0 Å². The number of aryl methyl sites for hydroxylation is 2. The van der Waals surface area contributed by atoms with Crippen LogP contribution in [-0.2, 0) is 6.54 Å². The Morgan fingerprint density at radius 2 is 2.00 bits per heavy atom. The van der Waals surface area contributed by atoms with Crippen LogP contribution in [-0.4, -0.2) is 19.1 Å². The lowest BCUT2D eigenvalue weighted by Crippen LogP contribution is -2.03. The largest absolute Gasteiger partial charge is 0.496 e. The predicted molar refractivity (Wildman–Crippen MR) is 76.3 cm³/mol. The third-order valence-electron chi connectivity index (χ3n) is 2.96. The van der Waals surface area contributed by atoms with Crippen LogP contribution in [0.15, 0.2) is 18.3 Å². The molecule has 0 atom stereocenters. The molecular formula is C14H18N2OS. The molecule has 0 unspecified atom stereocenters. The number of aromatic nitrogens is 1. The van der Waals surface area contributed by atoms with Gasteiger partial charge in [0.15, 0.2) is 0 Å². The molecule has 2 rings (SSSR count). The van der Waals surface area contributed by atoms with Gasteiger partial charge in [0.05, 0.1) is 12.0 Å². The zero-order valence-electron chi connectivity index (χ0n) is 11.2. The smallest absolute Gasteiger partial charge is 0.127 e. The average molecular weight is 262 g/mol. The molecule has 2 aromatic rings. The van der Waals surface area contributed by atoms with Crippen LogP contribution in [0.1, 0.15) is 16.1 Å². The van der Waals surface area contributed by atoms with Gasteiger partial charge in [-0.3, -0.25) is 0 Å². The SMILES string of the molecule is CNCc1ncc(-c2cc(C)c(C)cc2OC)s1. The minimum Gasteiger partial charge on any atom is -0.496 e. The molecule has 1 N–H and O–H groups in total. The monoisotopic (exact) mass is 262 g/mol. The molecule has 96 valence electrons. The number of rotatable bonds is 4. The Hall–Kier alpha value is -1.39. The Balaban J connectivity index is 2.45. The van der Waals surface area contributed by atoms with Gasteiger partial charge in [-0.1, -0.05) is 0 Å². The fourth-order valence-electron chi connectivity index (χ4n) is 1.82. The van der Waals surface area contributed by atoms with Crippen molar-refractivity contribution in [2.24, 2.45) is 0 Å². The topological polar surface area (TPSA) is 34.2 Å². The van der Waals surface area contributed by atoms with Crippen molar-refractivity contribution in [2.45, 2.75) is 20.4 Å². The number of ether oxygens (including phenoxy) is 1. The fourth-order valence-corrected chi connectivity index (χ4v) is 2.77. The van der Waals surface area contributed by atoms with E-state index in [1.807, 2.05) is 13.2 Å². The normalized spacial score (nSPS) is 10.7. The summed E-state index contributed by atoms with van der Waals surface area (Å²) in [4.78, 5) is 5.56. The van der Waals surface area contributed by atoms with Crippen molar-refractivity contribution in [1.82, 2.24) is 10.3 Å². The van der Waals surface area contributed by atoms with Crippen LogP contribution in [0.5, 0.6) is 5.75 Å². The van der Waals surface area contributed by atoms with Crippen molar-refractivity contribution in [3.05, 3.63) is 34.5 Å². The van der Waals surface area contributed by atoms with Gasteiger partial charge in [0.25, 0.3) is 0 Å². The molecule has 0 saturated carbocycles. The number of thiazole rings is 1.